The fraction of sp³-hybridized carbons (Fsp3) is 0.107. The second-order valence-corrected chi connectivity index (χ2v) is 10.5. The molecule has 0 aliphatic carbocycles. The van der Waals surface area contributed by atoms with Crippen molar-refractivity contribution in [1.29, 1.82) is 5.26 Å². The van der Waals surface area contributed by atoms with Crippen molar-refractivity contribution in [2.75, 3.05) is 16.4 Å². The summed E-state index contributed by atoms with van der Waals surface area (Å²) in [4.78, 5) is 26.1. The average Bonchev–Trinajstić information content (AvgIpc) is 2.90. The number of thioether (sulfide) groups is 1. The van der Waals surface area contributed by atoms with E-state index in [1.165, 1.54) is 11.8 Å². The first kappa shape index (κ1) is 26.6. The number of halogens is 2. The van der Waals surface area contributed by atoms with E-state index in [0.29, 0.717) is 38.3 Å². The van der Waals surface area contributed by atoms with Crippen LogP contribution in [-0.4, -0.2) is 17.6 Å². The summed E-state index contributed by atoms with van der Waals surface area (Å²) in [7, 11) is 0. The Bertz CT molecular complexity index is 1420. The van der Waals surface area contributed by atoms with Crippen LogP contribution in [0.5, 0.6) is 0 Å². The van der Waals surface area contributed by atoms with Gasteiger partial charge in [0.2, 0.25) is 5.91 Å². The van der Waals surface area contributed by atoms with Gasteiger partial charge in [-0.1, -0.05) is 69.6 Å². The first-order chi connectivity index (χ1) is 17.9. The molecule has 1 heterocycles. The summed E-state index contributed by atoms with van der Waals surface area (Å²) >= 11 is 10.6. The van der Waals surface area contributed by atoms with E-state index >= 15 is 0 Å². The molecule has 3 aromatic carbocycles. The highest BCUT2D eigenvalue weighted by atomic mass is 79.9. The van der Waals surface area contributed by atoms with E-state index in [2.05, 4.69) is 37.9 Å². The number of nitrogens with zero attached hydrogens (tertiary/aromatic N) is 1. The molecule has 0 spiro atoms. The van der Waals surface area contributed by atoms with Crippen LogP contribution in [0.1, 0.15) is 18.4 Å². The Morgan fingerprint density at radius 1 is 1.00 bits per heavy atom. The Labute approximate surface area is 232 Å². The van der Waals surface area contributed by atoms with Gasteiger partial charge < -0.3 is 16.0 Å². The number of dihydropyridines is 1. The number of rotatable bonds is 7. The number of allylic oxidation sites excluding steroid dienone is 2. The van der Waals surface area contributed by atoms with E-state index in [1.54, 1.807) is 43.3 Å². The third-order valence-electron chi connectivity index (χ3n) is 5.60. The highest BCUT2D eigenvalue weighted by Gasteiger charge is 2.34. The van der Waals surface area contributed by atoms with Gasteiger partial charge in [0.1, 0.15) is 0 Å². The van der Waals surface area contributed by atoms with Gasteiger partial charge in [-0.2, -0.15) is 5.26 Å². The Hall–Kier alpha value is -3.51. The van der Waals surface area contributed by atoms with Gasteiger partial charge in [-0.3, -0.25) is 9.59 Å². The summed E-state index contributed by atoms with van der Waals surface area (Å²) in [6.45, 7) is 1.79. The zero-order valence-corrected chi connectivity index (χ0v) is 22.9. The molecule has 186 valence electrons. The Kier molecular flexibility index (Phi) is 8.72. The van der Waals surface area contributed by atoms with E-state index in [1.807, 2.05) is 42.5 Å². The van der Waals surface area contributed by atoms with Crippen molar-refractivity contribution in [2.24, 2.45) is 0 Å². The van der Waals surface area contributed by atoms with Gasteiger partial charge >= 0.3 is 0 Å². The lowest BCUT2D eigenvalue weighted by Crippen LogP contribution is -2.31. The largest absolute Gasteiger partial charge is 0.353 e. The highest BCUT2D eigenvalue weighted by molar-refractivity contribution is 9.10. The zero-order chi connectivity index (χ0) is 26.4. The maximum absolute atomic E-state index is 13.5. The van der Waals surface area contributed by atoms with E-state index in [-0.39, 0.29) is 17.6 Å². The molecule has 0 saturated carbocycles. The van der Waals surface area contributed by atoms with Crippen LogP contribution in [0.25, 0.3) is 0 Å². The number of nitrogens with one attached hydrogen (secondary N) is 3. The van der Waals surface area contributed by atoms with Crippen LogP contribution in [0.2, 0.25) is 5.02 Å². The smallest absolute Gasteiger partial charge is 0.254 e. The molecule has 4 rings (SSSR count). The van der Waals surface area contributed by atoms with Crippen molar-refractivity contribution < 1.29 is 9.59 Å². The first-order valence-electron chi connectivity index (χ1n) is 11.3. The van der Waals surface area contributed by atoms with Gasteiger partial charge in [0.05, 0.1) is 28.3 Å². The lowest BCUT2D eigenvalue weighted by molar-refractivity contribution is -0.114. The molecule has 37 heavy (non-hydrogen) atoms. The fourth-order valence-corrected chi connectivity index (χ4v) is 5.19. The minimum Gasteiger partial charge on any atom is -0.353 e. The number of carbonyl (C=O) groups is 2. The van der Waals surface area contributed by atoms with Crippen LogP contribution in [0.3, 0.4) is 0 Å². The lowest BCUT2D eigenvalue weighted by Gasteiger charge is -2.30. The van der Waals surface area contributed by atoms with Crippen molar-refractivity contribution >= 4 is 62.5 Å². The number of hydrogen-bond acceptors (Lipinski definition) is 5. The molecule has 6 nitrogen and oxygen atoms in total. The zero-order valence-electron chi connectivity index (χ0n) is 19.7. The number of anilines is 2. The van der Waals surface area contributed by atoms with Crippen molar-refractivity contribution in [1.82, 2.24) is 5.32 Å². The van der Waals surface area contributed by atoms with Crippen LogP contribution < -0.4 is 16.0 Å². The predicted molar refractivity (Wildman–Crippen MR) is 153 cm³/mol. The van der Waals surface area contributed by atoms with Crippen molar-refractivity contribution in [3.8, 4) is 6.07 Å². The number of benzene rings is 3. The van der Waals surface area contributed by atoms with Crippen LogP contribution >= 0.6 is 39.3 Å². The molecule has 0 bridgehead atoms. The molecule has 1 aliphatic rings. The fourth-order valence-electron chi connectivity index (χ4n) is 3.91. The molecule has 3 aromatic rings. The van der Waals surface area contributed by atoms with Crippen molar-refractivity contribution in [3.05, 3.63) is 116 Å². The van der Waals surface area contributed by atoms with E-state index in [4.69, 9.17) is 11.6 Å². The number of amides is 2. The second kappa shape index (κ2) is 12.2. The molecule has 0 fully saturated rings. The molecular weight excluding hydrogens is 572 g/mol. The molecule has 1 atom stereocenters. The van der Waals surface area contributed by atoms with Gasteiger partial charge in [0, 0.05) is 32.1 Å². The predicted octanol–water partition coefficient (Wildman–Crippen LogP) is 6.81. The molecular formula is C28H22BrClN4O2S. The average molecular weight is 594 g/mol. The molecule has 0 radical (unpaired) electrons. The van der Waals surface area contributed by atoms with Gasteiger partial charge in [0.25, 0.3) is 5.91 Å². The molecule has 9 heteroatoms. The van der Waals surface area contributed by atoms with Crippen LogP contribution in [0, 0.1) is 11.3 Å². The SMILES string of the molecule is CC1=C(C(=O)Nc2ccc(Cl)cc2)[C@H](c2ccccc2)C(C#N)=C(SCC(=O)Nc2ccc(Br)cc2)N1. The Morgan fingerprint density at radius 3 is 2.27 bits per heavy atom. The van der Waals surface area contributed by atoms with Gasteiger partial charge in [0.15, 0.2) is 0 Å². The maximum atomic E-state index is 13.5. The lowest BCUT2D eigenvalue weighted by atomic mass is 9.82. The molecule has 0 aromatic heterocycles. The Morgan fingerprint density at radius 2 is 1.62 bits per heavy atom. The minimum atomic E-state index is -0.600. The summed E-state index contributed by atoms with van der Waals surface area (Å²) in [6, 6.07) is 25.8. The third-order valence-corrected chi connectivity index (χ3v) is 7.40. The standard InChI is InChI=1S/C28H22BrClN4O2S/c1-17-25(27(36)34-22-13-9-20(30)10-14-22)26(18-5-3-2-4-6-18)23(15-31)28(32-17)37-16-24(35)33-21-11-7-19(29)8-12-21/h2-14,26,32H,16H2,1H3,(H,33,35)(H,34,36)/t26-/m1/s1. The van der Waals surface area contributed by atoms with E-state index in [0.717, 1.165) is 10.0 Å². The summed E-state index contributed by atoms with van der Waals surface area (Å²) in [5.41, 5.74) is 3.49. The summed E-state index contributed by atoms with van der Waals surface area (Å²) in [5, 5.41) is 20.3. The van der Waals surface area contributed by atoms with Crippen LogP contribution in [0.15, 0.2) is 105 Å². The molecule has 1 aliphatic heterocycles. The van der Waals surface area contributed by atoms with Crippen LogP contribution in [0.4, 0.5) is 11.4 Å². The number of hydrogen-bond donors (Lipinski definition) is 3. The number of nitriles is 1. The molecule has 2 amide bonds. The summed E-state index contributed by atoms with van der Waals surface area (Å²) in [5.74, 6) is -1.05. The first-order valence-corrected chi connectivity index (χ1v) is 13.4. The highest BCUT2D eigenvalue weighted by Crippen LogP contribution is 2.41. The monoisotopic (exact) mass is 592 g/mol. The topological polar surface area (TPSA) is 94.0 Å². The number of carbonyl (C=O) groups excluding carboxylic acids is 2. The van der Waals surface area contributed by atoms with Gasteiger partial charge in [-0.05, 0) is 61.0 Å². The Balaban J connectivity index is 1.60. The van der Waals surface area contributed by atoms with E-state index in [9.17, 15) is 14.9 Å². The van der Waals surface area contributed by atoms with Crippen molar-refractivity contribution in [3.63, 3.8) is 0 Å². The van der Waals surface area contributed by atoms with Crippen LogP contribution in [-0.2, 0) is 9.59 Å². The van der Waals surface area contributed by atoms with E-state index < -0.39 is 5.92 Å². The third kappa shape index (κ3) is 6.63. The minimum absolute atomic E-state index is 0.0880. The quantitative estimate of drug-likeness (QED) is 0.280. The summed E-state index contributed by atoms with van der Waals surface area (Å²) < 4.78 is 0.917. The van der Waals surface area contributed by atoms with Crippen molar-refractivity contribution in [2.45, 2.75) is 12.8 Å². The molecule has 0 saturated heterocycles. The molecule has 0 unspecified atom stereocenters. The maximum Gasteiger partial charge on any atom is 0.254 e. The van der Waals surface area contributed by atoms with Gasteiger partial charge in [-0.25, -0.2) is 0 Å². The van der Waals surface area contributed by atoms with Gasteiger partial charge in [-0.15, -0.1) is 0 Å². The molecule has 3 N–H and O–H groups in total. The normalized spacial score (nSPS) is 15.0. The summed E-state index contributed by atoms with van der Waals surface area (Å²) in [6.07, 6.45) is 0. The second-order valence-electron chi connectivity index (χ2n) is 8.17.